The number of methoxy groups -OCH3 is 2. The molecular weight excluding hydrogens is 398 g/mol. The maximum Gasteiger partial charge on any atom is 0.162 e. The van der Waals surface area contributed by atoms with Gasteiger partial charge in [0.25, 0.3) is 0 Å². The van der Waals surface area contributed by atoms with Gasteiger partial charge in [0.2, 0.25) is 0 Å². The van der Waals surface area contributed by atoms with Crippen LogP contribution in [0.3, 0.4) is 0 Å². The smallest absolute Gasteiger partial charge is 0.162 e. The predicted octanol–water partition coefficient (Wildman–Crippen LogP) is 5.71. The summed E-state index contributed by atoms with van der Waals surface area (Å²) >= 11 is 0. The average molecular weight is 422 g/mol. The Morgan fingerprint density at radius 3 is 2.10 bits per heavy atom. The first kappa shape index (κ1) is 21.4. The molecule has 1 aromatic heterocycles. The van der Waals surface area contributed by atoms with Gasteiger partial charge < -0.3 is 14.8 Å². The van der Waals surface area contributed by atoms with Crippen LogP contribution >= 0.6 is 12.4 Å². The minimum Gasteiger partial charge on any atom is -0.493 e. The number of nitrogens with zero attached hydrogens (tertiary/aromatic N) is 2. The molecule has 1 N–H and O–H groups in total. The molecule has 0 fully saturated rings. The molecule has 0 spiro atoms. The number of hydrogen-bond donors (Lipinski definition) is 1. The maximum absolute atomic E-state index is 5.44. The Morgan fingerprint density at radius 1 is 0.800 bits per heavy atom. The molecular formula is C24H24ClN3O2. The van der Waals surface area contributed by atoms with E-state index in [0.29, 0.717) is 17.3 Å². The largest absolute Gasteiger partial charge is 0.493 e. The summed E-state index contributed by atoms with van der Waals surface area (Å²) in [7, 11) is 3.24. The van der Waals surface area contributed by atoms with Gasteiger partial charge in [-0.15, -0.1) is 12.4 Å². The Bertz CT molecular complexity index is 1130. The molecule has 4 aromatic rings. The monoisotopic (exact) mass is 421 g/mol. The van der Waals surface area contributed by atoms with Crippen LogP contribution < -0.4 is 14.8 Å². The molecule has 5 nitrogen and oxygen atoms in total. The fourth-order valence-electron chi connectivity index (χ4n) is 3.34. The topological polar surface area (TPSA) is 56.3 Å². The van der Waals surface area contributed by atoms with E-state index in [-0.39, 0.29) is 12.4 Å². The minimum absolute atomic E-state index is 0. The van der Waals surface area contributed by atoms with Crippen LogP contribution in [0.15, 0.2) is 66.7 Å². The van der Waals surface area contributed by atoms with Gasteiger partial charge in [0, 0.05) is 17.1 Å². The summed E-state index contributed by atoms with van der Waals surface area (Å²) in [5.41, 5.74) is 4.33. The fraction of sp³-hybridized carbons (Fsp3) is 0.167. The van der Waals surface area contributed by atoms with E-state index in [9.17, 15) is 0 Å². The number of halogens is 1. The third-order valence-corrected chi connectivity index (χ3v) is 4.78. The zero-order valence-electron chi connectivity index (χ0n) is 17.2. The van der Waals surface area contributed by atoms with Crippen LogP contribution in [-0.2, 0) is 6.42 Å². The number of aryl methyl sites for hydroxylation is 1. The predicted molar refractivity (Wildman–Crippen MR) is 124 cm³/mol. The molecule has 0 atom stereocenters. The molecule has 0 saturated carbocycles. The van der Waals surface area contributed by atoms with Gasteiger partial charge in [0.1, 0.15) is 11.6 Å². The summed E-state index contributed by atoms with van der Waals surface area (Å²) in [6.07, 6.45) is 0.910. The van der Waals surface area contributed by atoms with Crippen LogP contribution in [0.1, 0.15) is 17.0 Å². The molecule has 0 amide bonds. The van der Waals surface area contributed by atoms with Crippen molar-refractivity contribution in [2.24, 2.45) is 0 Å². The lowest BCUT2D eigenvalue weighted by Gasteiger charge is -2.13. The standard InChI is InChI=1S/C24H23N3O2.ClH/c1-16-25-21-15-23(29-3)22(28-2)14-20(21)24(26-16)27-19-11-9-18(10-12-19)13-17-7-5-4-6-8-17;/h4-12,14-15H,13H2,1-3H3,(H,25,26,27);1H. The van der Waals surface area contributed by atoms with Gasteiger partial charge in [-0.1, -0.05) is 42.5 Å². The maximum atomic E-state index is 5.44. The van der Waals surface area contributed by atoms with E-state index in [1.165, 1.54) is 11.1 Å². The lowest BCUT2D eigenvalue weighted by atomic mass is 10.0. The first-order chi connectivity index (χ1) is 14.2. The molecule has 0 radical (unpaired) electrons. The number of rotatable bonds is 6. The van der Waals surface area contributed by atoms with Crippen molar-refractivity contribution in [3.8, 4) is 11.5 Å². The van der Waals surface area contributed by atoms with Crippen LogP contribution in [0.5, 0.6) is 11.5 Å². The quantitative estimate of drug-likeness (QED) is 0.432. The molecule has 0 bridgehead atoms. The van der Waals surface area contributed by atoms with Crippen LogP contribution in [0.2, 0.25) is 0 Å². The second kappa shape index (κ2) is 9.46. The van der Waals surface area contributed by atoms with E-state index in [1.807, 2.05) is 25.1 Å². The van der Waals surface area contributed by atoms with Crippen LogP contribution in [-0.4, -0.2) is 24.2 Å². The number of fused-ring (bicyclic) bond motifs is 1. The van der Waals surface area contributed by atoms with E-state index in [1.54, 1.807) is 14.2 Å². The highest BCUT2D eigenvalue weighted by atomic mass is 35.5. The highest BCUT2D eigenvalue weighted by molar-refractivity contribution is 5.93. The molecule has 154 valence electrons. The summed E-state index contributed by atoms with van der Waals surface area (Å²) in [6, 6.07) is 22.6. The summed E-state index contributed by atoms with van der Waals surface area (Å²) < 4.78 is 10.8. The van der Waals surface area contributed by atoms with Crippen molar-refractivity contribution in [1.29, 1.82) is 0 Å². The molecule has 6 heteroatoms. The second-order valence-electron chi connectivity index (χ2n) is 6.83. The van der Waals surface area contributed by atoms with Gasteiger partial charge in [-0.25, -0.2) is 9.97 Å². The number of ether oxygens (including phenoxy) is 2. The minimum atomic E-state index is 0. The Morgan fingerprint density at radius 2 is 1.43 bits per heavy atom. The first-order valence-electron chi connectivity index (χ1n) is 9.46. The Balaban J connectivity index is 0.00000256. The zero-order chi connectivity index (χ0) is 20.2. The van der Waals surface area contributed by atoms with E-state index in [4.69, 9.17) is 9.47 Å². The molecule has 3 aromatic carbocycles. The molecule has 0 unspecified atom stereocenters. The van der Waals surface area contributed by atoms with Gasteiger partial charge >= 0.3 is 0 Å². The number of benzene rings is 3. The summed E-state index contributed by atoms with van der Waals surface area (Å²) in [5, 5.41) is 4.30. The van der Waals surface area contributed by atoms with Gasteiger partial charge in [-0.3, -0.25) is 0 Å². The molecule has 1 heterocycles. The lowest BCUT2D eigenvalue weighted by Crippen LogP contribution is -2.00. The molecule has 0 aliphatic heterocycles. The molecule has 0 aliphatic rings. The molecule has 0 saturated heterocycles. The Kier molecular flexibility index (Phi) is 6.75. The van der Waals surface area contributed by atoms with E-state index in [2.05, 4.69) is 63.8 Å². The highest BCUT2D eigenvalue weighted by Gasteiger charge is 2.12. The number of aromatic nitrogens is 2. The summed E-state index contributed by atoms with van der Waals surface area (Å²) in [4.78, 5) is 9.14. The SMILES string of the molecule is COc1cc2nc(C)nc(Nc3ccc(Cc4ccccc4)cc3)c2cc1OC.Cl. The Labute approximate surface area is 182 Å². The van der Waals surface area contributed by atoms with Crippen molar-refractivity contribution < 1.29 is 9.47 Å². The summed E-state index contributed by atoms with van der Waals surface area (Å²) in [5.74, 6) is 2.72. The van der Waals surface area contributed by atoms with E-state index in [0.717, 1.165) is 28.8 Å². The number of hydrogen-bond acceptors (Lipinski definition) is 5. The van der Waals surface area contributed by atoms with Crippen LogP contribution in [0.4, 0.5) is 11.5 Å². The fourth-order valence-corrected chi connectivity index (χ4v) is 3.34. The molecule has 0 aliphatic carbocycles. The molecule has 30 heavy (non-hydrogen) atoms. The van der Waals surface area contributed by atoms with Crippen LogP contribution in [0, 0.1) is 6.92 Å². The second-order valence-corrected chi connectivity index (χ2v) is 6.83. The van der Waals surface area contributed by atoms with Gasteiger partial charge in [-0.05, 0) is 42.7 Å². The lowest BCUT2D eigenvalue weighted by molar-refractivity contribution is 0.356. The van der Waals surface area contributed by atoms with Crippen molar-refractivity contribution in [3.63, 3.8) is 0 Å². The third kappa shape index (κ3) is 4.63. The van der Waals surface area contributed by atoms with Gasteiger partial charge in [0.05, 0.1) is 19.7 Å². The normalized spacial score (nSPS) is 10.4. The van der Waals surface area contributed by atoms with Crippen LogP contribution in [0.25, 0.3) is 10.9 Å². The van der Waals surface area contributed by atoms with Crippen molar-refractivity contribution in [3.05, 3.63) is 83.7 Å². The third-order valence-electron chi connectivity index (χ3n) is 4.78. The van der Waals surface area contributed by atoms with Crippen molar-refractivity contribution in [1.82, 2.24) is 9.97 Å². The van der Waals surface area contributed by atoms with E-state index >= 15 is 0 Å². The van der Waals surface area contributed by atoms with Crippen molar-refractivity contribution in [2.45, 2.75) is 13.3 Å². The first-order valence-corrected chi connectivity index (χ1v) is 9.46. The van der Waals surface area contributed by atoms with Crippen molar-refractivity contribution in [2.75, 3.05) is 19.5 Å². The van der Waals surface area contributed by atoms with Crippen molar-refractivity contribution >= 4 is 34.8 Å². The number of anilines is 2. The highest BCUT2D eigenvalue weighted by Crippen LogP contribution is 2.34. The molecule has 4 rings (SSSR count). The zero-order valence-corrected chi connectivity index (χ0v) is 18.0. The van der Waals surface area contributed by atoms with E-state index < -0.39 is 0 Å². The summed E-state index contributed by atoms with van der Waals surface area (Å²) in [6.45, 7) is 1.88. The average Bonchev–Trinajstić information content (AvgIpc) is 2.75. The number of nitrogens with one attached hydrogen (secondary N) is 1. The Hall–Kier alpha value is -3.31. The van der Waals surface area contributed by atoms with Gasteiger partial charge in [-0.2, -0.15) is 0 Å². The van der Waals surface area contributed by atoms with Gasteiger partial charge in [0.15, 0.2) is 11.5 Å².